The summed E-state index contributed by atoms with van der Waals surface area (Å²) in [6, 6.07) is 1.80. The molecule has 0 radical (unpaired) electrons. The molecule has 0 spiro atoms. The molecule has 0 amide bonds. The zero-order chi connectivity index (χ0) is 11.0. The Morgan fingerprint density at radius 3 is 2.80 bits per heavy atom. The Balaban J connectivity index is 2.54. The van der Waals surface area contributed by atoms with Gasteiger partial charge in [0, 0.05) is 17.7 Å². The van der Waals surface area contributed by atoms with Gasteiger partial charge in [-0.1, -0.05) is 0 Å². The molecule has 6 heteroatoms. The Bertz CT molecular complexity index is 559. The van der Waals surface area contributed by atoms with Gasteiger partial charge in [0.15, 0.2) is 0 Å². The Kier molecular flexibility index (Phi) is 2.44. The van der Waals surface area contributed by atoms with Crippen LogP contribution in [0.25, 0.3) is 11.6 Å². The maximum absolute atomic E-state index is 11.1. The van der Waals surface area contributed by atoms with Crippen molar-refractivity contribution in [2.24, 2.45) is 7.05 Å². The smallest absolute Gasteiger partial charge is 0.386 e. The number of hydrogen-bond donors (Lipinski definition) is 0. The third kappa shape index (κ3) is 1.85. The number of halogens is 1. The van der Waals surface area contributed by atoms with Crippen LogP contribution in [0.5, 0.6) is 0 Å². The summed E-state index contributed by atoms with van der Waals surface area (Å²) in [4.78, 5) is 15.2. The fourth-order valence-electron chi connectivity index (χ4n) is 1.11. The van der Waals surface area contributed by atoms with Crippen LogP contribution in [-0.2, 0) is 7.05 Å². The zero-order valence-corrected chi connectivity index (χ0v) is 9.78. The highest BCUT2D eigenvalue weighted by molar-refractivity contribution is 9.10. The van der Waals surface area contributed by atoms with Crippen molar-refractivity contribution in [3.8, 4) is 11.6 Å². The van der Waals surface area contributed by atoms with E-state index in [1.807, 2.05) is 6.92 Å². The highest BCUT2D eigenvalue weighted by Crippen LogP contribution is 2.19. The van der Waals surface area contributed by atoms with Crippen molar-refractivity contribution >= 4 is 15.9 Å². The second kappa shape index (κ2) is 3.62. The summed E-state index contributed by atoms with van der Waals surface area (Å²) >= 11 is 3.34. The Labute approximate surface area is 93.9 Å². The highest BCUT2D eigenvalue weighted by Gasteiger charge is 2.09. The summed E-state index contributed by atoms with van der Waals surface area (Å²) in [6.07, 6.45) is 1.65. The van der Waals surface area contributed by atoms with Crippen molar-refractivity contribution in [3.63, 3.8) is 0 Å². The molecule has 0 aliphatic heterocycles. The third-order valence-corrected chi connectivity index (χ3v) is 2.79. The second-order valence-electron chi connectivity index (χ2n) is 3.12. The quantitative estimate of drug-likeness (QED) is 0.788. The van der Waals surface area contributed by atoms with Gasteiger partial charge >= 0.3 is 5.76 Å². The monoisotopic (exact) mass is 269 g/mol. The number of nitrogens with zero attached hydrogens (tertiary/aromatic N) is 3. The van der Waals surface area contributed by atoms with Crippen LogP contribution < -0.4 is 5.76 Å². The maximum atomic E-state index is 11.1. The van der Waals surface area contributed by atoms with Gasteiger partial charge in [-0.05, 0) is 34.5 Å². The number of rotatable bonds is 1. The lowest BCUT2D eigenvalue weighted by Crippen LogP contribution is -2.09. The number of pyridine rings is 1. The van der Waals surface area contributed by atoms with Crippen molar-refractivity contribution in [1.29, 1.82) is 0 Å². The molecule has 0 atom stereocenters. The molecule has 0 unspecified atom stereocenters. The van der Waals surface area contributed by atoms with Crippen molar-refractivity contribution in [1.82, 2.24) is 14.8 Å². The van der Waals surface area contributed by atoms with E-state index in [0.717, 1.165) is 14.7 Å². The molecule has 2 heterocycles. The molecule has 5 nitrogen and oxygen atoms in total. The lowest BCUT2D eigenvalue weighted by molar-refractivity contribution is 0.504. The Morgan fingerprint density at radius 2 is 2.27 bits per heavy atom. The van der Waals surface area contributed by atoms with E-state index in [2.05, 4.69) is 26.0 Å². The summed E-state index contributed by atoms with van der Waals surface area (Å²) in [5.74, 6) is -0.259. The second-order valence-corrected chi connectivity index (χ2v) is 3.97. The van der Waals surface area contributed by atoms with E-state index in [9.17, 15) is 4.79 Å². The minimum absolute atomic E-state index is 0.234. The van der Waals surface area contributed by atoms with E-state index in [1.165, 1.54) is 7.05 Å². The fraction of sp³-hybridized carbons (Fsp3) is 0.222. The number of aromatic nitrogens is 3. The molecular formula is C9H8BrN3O2. The van der Waals surface area contributed by atoms with E-state index in [1.54, 1.807) is 12.3 Å². The van der Waals surface area contributed by atoms with Gasteiger partial charge in [0.1, 0.15) is 5.69 Å². The summed E-state index contributed by atoms with van der Waals surface area (Å²) in [5.41, 5.74) is 1.56. The Hall–Kier alpha value is -1.43. The summed E-state index contributed by atoms with van der Waals surface area (Å²) < 4.78 is 6.95. The van der Waals surface area contributed by atoms with Gasteiger partial charge in [0.05, 0.1) is 0 Å². The van der Waals surface area contributed by atoms with Gasteiger partial charge in [0.2, 0.25) is 0 Å². The van der Waals surface area contributed by atoms with Crippen LogP contribution in [0, 0.1) is 6.92 Å². The molecule has 0 aromatic carbocycles. The lowest BCUT2D eigenvalue weighted by Gasteiger charge is -1.98. The summed E-state index contributed by atoms with van der Waals surface area (Å²) in [7, 11) is 1.53. The fourth-order valence-corrected chi connectivity index (χ4v) is 1.32. The van der Waals surface area contributed by atoms with Crippen molar-refractivity contribution in [2.45, 2.75) is 6.92 Å². The Morgan fingerprint density at radius 1 is 1.53 bits per heavy atom. The highest BCUT2D eigenvalue weighted by atomic mass is 79.9. The van der Waals surface area contributed by atoms with Gasteiger partial charge in [-0.15, -0.1) is 5.10 Å². The SMILES string of the molecule is Cc1cc(-c2nn(C)c(=O)o2)ncc1Br. The molecule has 2 aromatic heterocycles. The van der Waals surface area contributed by atoms with Gasteiger partial charge in [0.25, 0.3) is 5.89 Å². The third-order valence-electron chi connectivity index (χ3n) is 1.96. The molecule has 78 valence electrons. The zero-order valence-electron chi connectivity index (χ0n) is 8.19. The lowest BCUT2D eigenvalue weighted by atomic mass is 10.2. The van der Waals surface area contributed by atoms with Crippen LogP contribution in [0.3, 0.4) is 0 Å². The molecule has 0 aliphatic rings. The minimum Gasteiger partial charge on any atom is -0.386 e. The van der Waals surface area contributed by atoms with Crippen molar-refractivity contribution in [3.05, 3.63) is 32.8 Å². The molecule has 2 aromatic rings. The predicted molar refractivity (Wildman–Crippen MR) is 57.4 cm³/mol. The molecule has 0 bridgehead atoms. The maximum Gasteiger partial charge on any atom is 0.437 e. The van der Waals surface area contributed by atoms with Crippen LogP contribution in [0.2, 0.25) is 0 Å². The molecule has 0 aliphatic carbocycles. The molecule has 0 saturated carbocycles. The van der Waals surface area contributed by atoms with Crippen LogP contribution >= 0.6 is 15.9 Å². The van der Waals surface area contributed by atoms with Crippen LogP contribution in [0.1, 0.15) is 5.56 Å². The van der Waals surface area contributed by atoms with Gasteiger partial charge < -0.3 is 4.42 Å². The predicted octanol–water partition coefficient (Wildman–Crippen LogP) is 1.51. The van der Waals surface area contributed by atoms with Crippen LogP contribution in [0.4, 0.5) is 0 Å². The van der Waals surface area contributed by atoms with Gasteiger partial charge in [-0.2, -0.15) is 4.68 Å². The largest absolute Gasteiger partial charge is 0.437 e. The molecule has 0 fully saturated rings. The van der Waals surface area contributed by atoms with Crippen molar-refractivity contribution in [2.75, 3.05) is 0 Å². The minimum atomic E-state index is -0.493. The van der Waals surface area contributed by atoms with Crippen LogP contribution in [0.15, 0.2) is 25.9 Å². The van der Waals surface area contributed by atoms with E-state index >= 15 is 0 Å². The first-order chi connectivity index (χ1) is 7.08. The molecule has 0 saturated heterocycles. The number of hydrogen-bond acceptors (Lipinski definition) is 4. The van der Waals surface area contributed by atoms with E-state index in [0.29, 0.717) is 5.69 Å². The average molecular weight is 270 g/mol. The van der Waals surface area contributed by atoms with Crippen LogP contribution in [-0.4, -0.2) is 14.8 Å². The average Bonchev–Trinajstić information content (AvgIpc) is 2.52. The first kappa shape index (κ1) is 10.1. The summed E-state index contributed by atoms with van der Waals surface area (Å²) in [6.45, 7) is 1.93. The van der Waals surface area contributed by atoms with Gasteiger partial charge in [-0.3, -0.25) is 0 Å². The van der Waals surface area contributed by atoms with Gasteiger partial charge in [-0.25, -0.2) is 9.78 Å². The first-order valence-electron chi connectivity index (χ1n) is 4.24. The normalized spacial score (nSPS) is 10.6. The topological polar surface area (TPSA) is 60.9 Å². The molecule has 15 heavy (non-hydrogen) atoms. The molecular weight excluding hydrogens is 262 g/mol. The molecule has 2 rings (SSSR count). The number of aryl methyl sites for hydroxylation is 2. The summed E-state index contributed by atoms with van der Waals surface area (Å²) in [5, 5.41) is 3.91. The van der Waals surface area contributed by atoms with E-state index in [-0.39, 0.29) is 5.89 Å². The molecule has 0 N–H and O–H groups in total. The van der Waals surface area contributed by atoms with E-state index < -0.39 is 5.76 Å². The van der Waals surface area contributed by atoms with E-state index in [4.69, 9.17) is 4.42 Å². The first-order valence-corrected chi connectivity index (χ1v) is 5.04. The standard InChI is InChI=1S/C9H8BrN3O2/c1-5-3-7(11-4-6(5)10)8-12-13(2)9(14)15-8/h3-4H,1-2H3. The van der Waals surface area contributed by atoms with Crippen molar-refractivity contribution < 1.29 is 4.42 Å².